The molecule has 0 amide bonds. The van der Waals surface area contributed by atoms with Crippen LogP contribution < -0.4 is 4.90 Å². The average Bonchev–Trinajstić information content (AvgIpc) is 2.73. The van der Waals surface area contributed by atoms with Gasteiger partial charge in [-0.1, -0.05) is 51.1 Å². The van der Waals surface area contributed by atoms with Crippen LogP contribution in [0.1, 0.15) is 52.0 Å². The van der Waals surface area contributed by atoms with Gasteiger partial charge < -0.3 is 4.90 Å². The molecule has 2 unspecified atom stereocenters. The molecule has 1 aromatic carbocycles. The summed E-state index contributed by atoms with van der Waals surface area (Å²) < 4.78 is 30.9. The van der Waals surface area contributed by atoms with Crippen LogP contribution in [0.2, 0.25) is 0 Å². The zero-order chi connectivity index (χ0) is 18.5. The van der Waals surface area contributed by atoms with Crippen LogP contribution in [0.5, 0.6) is 0 Å². The van der Waals surface area contributed by atoms with Gasteiger partial charge in [-0.05, 0) is 42.7 Å². The minimum atomic E-state index is -3.88. The maximum absolute atomic E-state index is 11.0. The molecule has 0 saturated heterocycles. The van der Waals surface area contributed by atoms with Gasteiger partial charge in [0, 0.05) is 23.7 Å². The molecule has 4 nitrogen and oxygen atoms in total. The molecule has 0 bridgehead atoms. The third-order valence-electron chi connectivity index (χ3n) is 6.45. The largest absolute Gasteiger partial charge is 0.367 e. The topological polar surface area (TPSA) is 57.6 Å². The van der Waals surface area contributed by atoms with E-state index in [9.17, 15) is 8.42 Å². The smallest absolute Gasteiger partial charge is 0.264 e. The van der Waals surface area contributed by atoms with Crippen LogP contribution in [0.3, 0.4) is 0 Å². The Balaban J connectivity index is 1.90. The Bertz CT molecular complexity index is 784. The minimum Gasteiger partial charge on any atom is -0.367 e. The first-order chi connectivity index (χ1) is 11.6. The van der Waals surface area contributed by atoms with Gasteiger partial charge in [0.05, 0.1) is 5.75 Å². The quantitative estimate of drug-likeness (QED) is 0.484. The first-order valence-corrected chi connectivity index (χ1v) is 10.7. The number of nitrogens with zero attached hydrogens (tertiary/aromatic N) is 1. The Morgan fingerprint density at radius 2 is 1.92 bits per heavy atom. The molecule has 5 heteroatoms. The lowest BCUT2D eigenvalue weighted by molar-refractivity contribution is 0.123. The molecule has 25 heavy (non-hydrogen) atoms. The summed E-state index contributed by atoms with van der Waals surface area (Å²) in [5, 5.41) is 0. The maximum atomic E-state index is 11.0. The van der Waals surface area contributed by atoms with E-state index < -0.39 is 10.1 Å². The van der Waals surface area contributed by atoms with Gasteiger partial charge in [-0.15, -0.1) is 0 Å². The second-order valence-corrected chi connectivity index (χ2v) is 10.0. The van der Waals surface area contributed by atoms with Crippen LogP contribution in [0.4, 0.5) is 5.69 Å². The lowest BCUT2D eigenvalue weighted by atomic mass is 9.54. The van der Waals surface area contributed by atoms with Crippen molar-refractivity contribution in [2.45, 2.75) is 57.9 Å². The van der Waals surface area contributed by atoms with Gasteiger partial charge in [0.2, 0.25) is 0 Å². The van der Waals surface area contributed by atoms with E-state index in [2.05, 4.69) is 56.5 Å². The fourth-order valence-electron chi connectivity index (χ4n) is 4.95. The summed E-state index contributed by atoms with van der Waals surface area (Å²) in [4.78, 5) is 2.45. The van der Waals surface area contributed by atoms with Gasteiger partial charge >= 0.3 is 0 Å². The van der Waals surface area contributed by atoms with Crippen molar-refractivity contribution in [1.29, 1.82) is 0 Å². The third kappa shape index (κ3) is 3.13. The zero-order valence-corrected chi connectivity index (χ0v) is 16.3. The molecule has 1 aliphatic heterocycles. The molecular formula is C20H29NO3S. The van der Waals surface area contributed by atoms with Crippen molar-refractivity contribution in [3.8, 4) is 0 Å². The number of hydrogen-bond acceptors (Lipinski definition) is 3. The van der Waals surface area contributed by atoms with Crippen LogP contribution in [0, 0.1) is 5.41 Å². The Kier molecular flexibility index (Phi) is 4.53. The van der Waals surface area contributed by atoms with E-state index in [1.165, 1.54) is 16.8 Å². The lowest BCUT2D eigenvalue weighted by Gasteiger charge is -2.52. The van der Waals surface area contributed by atoms with Crippen molar-refractivity contribution in [2.24, 2.45) is 5.41 Å². The van der Waals surface area contributed by atoms with Gasteiger partial charge in [0.1, 0.15) is 0 Å². The SMILES string of the molecule is C=C1CC2N(CCCCS(=O)(=O)O)c3ccccc3C2(C)C(C)(C)C1. The molecule has 0 aromatic heterocycles. The summed E-state index contributed by atoms with van der Waals surface area (Å²) in [6.45, 7) is 12.1. The Morgan fingerprint density at radius 3 is 2.60 bits per heavy atom. The number of benzene rings is 1. The highest BCUT2D eigenvalue weighted by Crippen LogP contribution is 2.60. The molecule has 1 aliphatic carbocycles. The standard InChI is InChI=1S/C20H29NO3S/c1-15-13-18-20(4,19(2,3)14-15)16-9-5-6-10-17(16)21(18)11-7-8-12-25(22,23)24/h5-6,9-10,18H,1,7-8,11-14H2,2-4H3,(H,22,23,24). The molecule has 1 heterocycles. The molecular weight excluding hydrogens is 334 g/mol. The van der Waals surface area contributed by atoms with Crippen LogP contribution in [-0.2, 0) is 15.5 Å². The molecule has 1 aromatic rings. The van der Waals surface area contributed by atoms with E-state index in [0.717, 1.165) is 25.8 Å². The summed E-state index contributed by atoms with van der Waals surface area (Å²) in [5.41, 5.74) is 4.13. The second kappa shape index (κ2) is 6.13. The molecule has 2 atom stereocenters. The maximum Gasteiger partial charge on any atom is 0.264 e. The number of unbranched alkanes of at least 4 members (excludes halogenated alkanes) is 1. The number of anilines is 1. The first kappa shape index (κ1) is 18.5. The minimum absolute atomic E-state index is 0.0494. The molecule has 1 saturated carbocycles. The summed E-state index contributed by atoms with van der Waals surface area (Å²) in [7, 11) is -3.88. The lowest BCUT2D eigenvalue weighted by Crippen LogP contribution is -2.54. The Labute approximate surface area is 151 Å². The fraction of sp³-hybridized carbons (Fsp3) is 0.600. The number of fused-ring (bicyclic) bond motifs is 3. The van der Waals surface area contributed by atoms with Crippen molar-refractivity contribution in [2.75, 3.05) is 17.2 Å². The summed E-state index contributed by atoms with van der Waals surface area (Å²) >= 11 is 0. The second-order valence-electron chi connectivity index (χ2n) is 8.44. The highest BCUT2D eigenvalue weighted by molar-refractivity contribution is 7.85. The van der Waals surface area contributed by atoms with Crippen molar-refractivity contribution in [3.05, 3.63) is 42.0 Å². The molecule has 138 valence electrons. The first-order valence-electron chi connectivity index (χ1n) is 9.04. The predicted molar refractivity (Wildman–Crippen MR) is 103 cm³/mol. The van der Waals surface area contributed by atoms with Crippen molar-refractivity contribution in [3.63, 3.8) is 0 Å². The molecule has 2 aliphatic rings. The van der Waals surface area contributed by atoms with E-state index in [1.54, 1.807) is 0 Å². The third-order valence-corrected chi connectivity index (χ3v) is 7.25. The van der Waals surface area contributed by atoms with Crippen molar-refractivity contribution < 1.29 is 13.0 Å². The van der Waals surface area contributed by atoms with E-state index >= 15 is 0 Å². The fourth-order valence-corrected chi connectivity index (χ4v) is 5.52. The molecule has 1 fully saturated rings. The van der Waals surface area contributed by atoms with Gasteiger partial charge in [0.25, 0.3) is 10.1 Å². The van der Waals surface area contributed by atoms with Crippen LogP contribution in [0.25, 0.3) is 0 Å². The zero-order valence-electron chi connectivity index (χ0n) is 15.5. The highest BCUT2D eigenvalue weighted by Gasteiger charge is 2.57. The molecule has 3 rings (SSSR count). The van der Waals surface area contributed by atoms with E-state index in [1.807, 2.05) is 0 Å². The van der Waals surface area contributed by atoms with Crippen LogP contribution in [-0.4, -0.2) is 31.3 Å². The Hall–Kier alpha value is -1.33. The molecule has 0 radical (unpaired) electrons. The van der Waals surface area contributed by atoms with Crippen LogP contribution in [0.15, 0.2) is 36.4 Å². The number of para-hydroxylation sites is 1. The highest BCUT2D eigenvalue weighted by atomic mass is 32.2. The van der Waals surface area contributed by atoms with Gasteiger partial charge in [-0.25, -0.2) is 0 Å². The van der Waals surface area contributed by atoms with E-state index in [0.29, 0.717) is 12.5 Å². The average molecular weight is 364 g/mol. The van der Waals surface area contributed by atoms with Crippen molar-refractivity contribution >= 4 is 15.8 Å². The number of hydrogen-bond donors (Lipinski definition) is 1. The molecule has 0 spiro atoms. The summed E-state index contributed by atoms with van der Waals surface area (Å²) in [6.07, 6.45) is 3.23. The predicted octanol–water partition coefficient (Wildman–Crippen LogP) is 4.18. The normalized spacial score (nSPS) is 27.9. The summed E-state index contributed by atoms with van der Waals surface area (Å²) in [5.74, 6) is -0.164. The van der Waals surface area contributed by atoms with E-state index in [4.69, 9.17) is 4.55 Å². The Morgan fingerprint density at radius 1 is 1.24 bits per heavy atom. The van der Waals surface area contributed by atoms with Gasteiger partial charge in [0.15, 0.2) is 0 Å². The van der Waals surface area contributed by atoms with Crippen molar-refractivity contribution in [1.82, 2.24) is 0 Å². The van der Waals surface area contributed by atoms with E-state index in [-0.39, 0.29) is 16.6 Å². The van der Waals surface area contributed by atoms with Crippen LogP contribution >= 0.6 is 0 Å². The summed E-state index contributed by atoms with van der Waals surface area (Å²) in [6, 6.07) is 8.97. The monoisotopic (exact) mass is 363 g/mol. The molecule has 1 N–H and O–H groups in total. The van der Waals surface area contributed by atoms with Gasteiger partial charge in [-0.3, -0.25) is 4.55 Å². The number of rotatable bonds is 5. The van der Waals surface area contributed by atoms with Gasteiger partial charge in [-0.2, -0.15) is 8.42 Å².